The molecular formula is C10H11ClN2O6S. The fourth-order valence-electron chi connectivity index (χ4n) is 1.36. The van der Waals surface area contributed by atoms with Crippen molar-refractivity contribution in [3.8, 4) is 0 Å². The minimum absolute atomic E-state index is 0.0320. The first-order chi connectivity index (χ1) is 9.19. The van der Waals surface area contributed by atoms with Gasteiger partial charge >= 0.3 is 5.97 Å². The summed E-state index contributed by atoms with van der Waals surface area (Å²) in [6, 6.07) is 1.59. The molecule has 1 rings (SSSR count). The fraction of sp³-hybridized carbons (Fsp3) is 0.300. The number of halogens is 1. The van der Waals surface area contributed by atoms with Crippen molar-refractivity contribution in [2.45, 2.75) is 24.3 Å². The summed E-state index contributed by atoms with van der Waals surface area (Å²) in [5.74, 6) is -1.33. The van der Waals surface area contributed by atoms with Gasteiger partial charge in [0.15, 0.2) is 0 Å². The fourth-order valence-corrected chi connectivity index (χ4v) is 2.84. The second-order valence-corrected chi connectivity index (χ2v) is 5.91. The van der Waals surface area contributed by atoms with Crippen LogP contribution in [0.1, 0.15) is 13.3 Å². The monoisotopic (exact) mass is 322 g/mol. The molecule has 0 radical (unpaired) electrons. The van der Waals surface area contributed by atoms with Gasteiger partial charge in [0.05, 0.1) is 9.82 Å². The van der Waals surface area contributed by atoms with E-state index in [1.165, 1.54) is 6.92 Å². The van der Waals surface area contributed by atoms with Crippen molar-refractivity contribution in [2.24, 2.45) is 0 Å². The van der Waals surface area contributed by atoms with Crippen LogP contribution in [-0.4, -0.2) is 30.5 Å². The summed E-state index contributed by atoms with van der Waals surface area (Å²) in [5, 5.41) is 19.3. The van der Waals surface area contributed by atoms with E-state index in [-0.39, 0.29) is 11.4 Å². The molecule has 0 saturated carbocycles. The van der Waals surface area contributed by atoms with Crippen molar-refractivity contribution in [3.63, 3.8) is 0 Å². The van der Waals surface area contributed by atoms with Gasteiger partial charge in [-0.3, -0.25) is 14.9 Å². The van der Waals surface area contributed by atoms with Crippen LogP contribution in [0.25, 0.3) is 0 Å². The molecule has 0 aromatic heterocycles. The summed E-state index contributed by atoms with van der Waals surface area (Å²) < 4.78 is 25.9. The zero-order chi connectivity index (χ0) is 15.5. The van der Waals surface area contributed by atoms with E-state index in [0.29, 0.717) is 0 Å². The molecule has 1 atom stereocenters. The topological polar surface area (TPSA) is 127 Å². The molecule has 0 heterocycles. The molecule has 110 valence electrons. The molecule has 20 heavy (non-hydrogen) atoms. The number of aliphatic carboxylic acids is 1. The van der Waals surface area contributed by atoms with Gasteiger partial charge < -0.3 is 5.11 Å². The Balaban J connectivity index is 3.19. The number of rotatable bonds is 6. The Morgan fingerprint density at radius 1 is 1.55 bits per heavy atom. The Morgan fingerprint density at radius 2 is 2.15 bits per heavy atom. The van der Waals surface area contributed by atoms with Crippen molar-refractivity contribution in [1.82, 2.24) is 4.72 Å². The predicted octanol–water partition coefficient (Wildman–Crippen LogP) is 1.39. The number of benzene rings is 1. The van der Waals surface area contributed by atoms with Crippen LogP contribution in [0.2, 0.25) is 5.02 Å². The van der Waals surface area contributed by atoms with Crippen LogP contribution in [-0.2, 0) is 14.8 Å². The molecule has 1 aromatic carbocycles. The number of nitro groups is 1. The lowest BCUT2D eigenvalue weighted by atomic mass is 10.2. The number of hydrogen-bond donors (Lipinski definition) is 2. The molecule has 0 unspecified atom stereocenters. The first-order valence-corrected chi connectivity index (χ1v) is 7.24. The van der Waals surface area contributed by atoms with E-state index >= 15 is 0 Å². The van der Waals surface area contributed by atoms with Gasteiger partial charge in [-0.1, -0.05) is 18.5 Å². The summed E-state index contributed by atoms with van der Waals surface area (Å²) in [6.07, 6.45) is 0.0320. The van der Waals surface area contributed by atoms with Gasteiger partial charge in [0.2, 0.25) is 10.0 Å². The van der Waals surface area contributed by atoms with Crippen LogP contribution in [0.3, 0.4) is 0 Å². The predicted molar refractivity (Wildman–Crippen MR) is 70.1 cm³/mol. The zero-order valence-corrected chi connectivity index (χ0v) is 11.8. The van der Waals surface area contributed by atoms with Gasteiger partial charge in [0, 0.05) is 6.07 Å². The van der Waals surface area contributed by atoms with E-state index in [1.54, 1.807) is 0 Å². The molecule has 0 fully saturated rings. The van der Waals surface area contributed by atoms with Crippen LogP contribution in [0.5, 0.6) is 0 Å². The largest absolute Gasteiger partial charge is 0.480 e. The van der Waals surface area contributed by atoms with E-state index in [0.717, 1.165) is 18.2 Å². The van der Waals surface area contributed by atoms with E-state index in [2.05, 4.69) is 0 Å². The maximum absolute atomic E-state index is 12.0. The van der Waals surface area contributed by atoms with Crippen LogP contribution in [0.15, 0.2) is 23.1 Å². The first kappa shape index (κ1) is 16.3. The number of nitrogens with one attached hydrogen (secondary N) is 1. The Bertz CT molecular complexity index is 645. The number of carbonyl (C=O) groups is 1. The van der Waals surface area contributed by atoms with Gasteiger partial charge in [-0.05, 0) is 18.6 Å². The van der Waals surface area contributed by atoms with E-state index in [1.807, 2.05) is 4.72 Å². The highest BCUT2D eigenvalue weighted by Gasteiger charge is 2.26. The van der Waals surface area contributed by atoms with Crippen molar-refractivity contribution in [2.75, 3.05) is 0 Å². The zero-order valence-electron chi connectivity index (χ0n) is 10.2. The summed E-state index contributed by atoms with van der Waals surface area (Å²) in [7, 11) is -4.18. The molecular weight excluding hydrogens is 312 g/mol. The highest BCUT2D eigenvalue weighted by Crippen LogP contribution is 2.27. The molecule has 2 N–H and O–H groups in total. The lowest BCUT2D eigenvalue weighted by molar-refractivity contribution is -0.384. The first-order valence-electron chi connectivity index (χ1n) is 5.38. The van der Waals surface area contributed by atoms with Crippen molar-refractivity contribution >= 4 is 33.3 Å². The standard InChI is InChI=1S/C10H11ClN2O6S/c1-2-8(10(14)15)12-20(18,19)6-3-4-7(11)9(5-6)13(16)17/h3-5,8,12H,2H2,1H3,(H,14,15)/t8-/m0/s1. The third kappa shape index (κ3) is 3.65. The van der Waals surface area contributed by atoms with Crippen LogP contribution < -0.4 is 4.72 Å². The van der Waals surface area contributed by atoms with Gasteiger partial charge in [-0.25, -0.2) is 8.42 Å². The third-order valence-electron chi connectivity index (χ3n) is 2.43. The third-order valence-corrected chi connectivity index (χ3v) is 4.22. The Morgan fingerprint density at radius 3 is 2.60 bits per heavy atom. The van der Waals surface area contributed by atoms with Gasteiger partial charge in [-0.15, -0.1) is 0 Å². The molecule has 0 aliphatic heterocycles. The van der Waals surface area contributed by atoms with Crippen molar-refractivity contribution < 1.29 is 23.2 Å². The minimum Gasteiger partial charge on any atom is -0.480 e. The maximum Gasteiger partial charge on any atom is 0.321 e. The van der Waals surface area contributed by atoms with Crippen LogP contribution in [0, 0.1) is 10.1 Å². The molecule has 0 saturated heterocycles. The molecule has 0 amide bonds. The van der Waals surface area contributed by atoms with Crippen molar-refractivity contribution in [3.05, 3.63) is 33.3 Å². The smallest absolute Gasteiger partial charge is 0.321 e. The second kappa shape index (κ2) is 6.16. The van der Waals surface area contributed by atoms with Crippen molar-refractivity contribution in [1.29, 1.82) is 0 Å². The van der Waals surface area contributed by atoms with Crippen LogP contribution >= 0.6 is 11.6 Å². The Hall–Kier alpha value is -1.71. The molecule has 0 bridgehead atoms. The number of carboxylic acid groups (broad SMARTS) is 1. The molecule has 10 heteroatoms. The molecule has 1 aromatic rings. The van der Waals surface area contributed by atoms with Gasteiger partial charge in [0.1, 0.15) is 11.1 Å². The second-order valence-electron chi connectivity index (χ2n) is 3.79. The SMILES string of the molecule is CC[C@H](NS(=O)(=O)c1ccc(Cl)c([N+](=O)[O-])c1)C(=O)O. The molecule has 0 aliphatic carbocycles. The molecule has 8 nitrogen and oxygen atoms in total. The Kier molecular flexibility index (Phi) is 5.03. The van der Waals surface area contributed by atoms with E-state index in [4.69, 9.17) is 16.7 Å². The number of carboxylic acids is 1. The quantitative estimate of drug-likeness (QED) is 0.602. The lowest BCUT2D eigenvalue weighted by Gasteiger charge is -2.12. The average molecular weight is 323 g/mol. The summed E-state index contributed by atoms with van der Waals surface area (Å²) in [6.45, 7) is 1.49. The maximum atomic E-state index is 12.0. The molecule has 0 aliphatic rings. The van der Waals surface area contributed by atoms with E-state index < -0.39 is 37.5 Å². The lowest BCUT2D eigenvalue weighted by Crippen LogP contribution is -2.40. The van der Waals surface area contributed by atoms with Crippen LogP contribution in [0.4, 0.5) is 5.69 Å². The highest BCUT2D eigenvalue weighted by atomic mass is 35.5. The average Bonchev–Trinajstić information content (AvgIpc) is 2.35. The number of nitrogens with zero attached hydrogens (tertiary/aromatic N) is 1. The van der Waals surface area contributed by atoms with E-state index in [9.17, 15) is 23.3 Å². The summed E-state index contributed by atoms with van der Waals surface area (Å²) in [5.41, 5.74) is -0.571. The number of nitro benzene ring substituents is 1. The molecule has 0 spiro atoms. The Labute approximate surface area is 119 Å². The number of hydrogen-bond acceptors (Lipinski definition) is 5. The normalized spacial score (nSPS) is 12.9. The highest BCUT2D eigenvalue weighted by molar-refractivity contribution is 7.89. The van der Waals surface area contributed by atoms with Gasteiger partial charge in [0.25, 0.3) is 5.69 Å². The summed E-state index contributed by atoms with van der Waals surface area (Å²) >= 11 is 5.57. The summed E-state index contributed by atoms with van der Waals surface area (Å²) in [4.78, 5) is 20.3. The number of sulfonamides is 1. The minimum atomic E-state index is -4.18. The van der Waals surface area contributed by atoms with Gasteiger partial charge in [-0.2, -0.15) is 4.72 Å².